The number of rotatable bonds is 4. The second-order valence-electron chi connectivity index (χ2n) is 5.29. The summed E-state index contributed by atoms with van der Waals surface area (Å²) in [5, 5.41) is 0. The topological polar surface area (TPSA) is 43.1 Å². The van der Waals surface area contributed by atoms with E-state index >= 15 is 0 Å². The Morgan fingerprint density at radius 3 is 2.60 bits per heavy atom. The molecular formula is C18H29NO. The number of aryl methyl sites for hydroxylation is 1. The number of carbonyl (C=O) groups excluding carboxylic acids is 1. The van der Waals surface area contributed by atoms with Crippen LogP contribution in [-0.4, -0.2) is 11.8 Å². The van der Waals surface area contributed by atoms with Crippen molar-refractivity contribution in [2.75, 3.05) is 0 Å². The van der Waals surface area contributed by atoms with Crippen molar-refractivity contribution in [2.24, 2.45) is 11.7 Å². The molecule has 112 valence electrons. The van der Waals surface area contributed by atoms with E-state index in [4.69, 9.17) is 5.73 Å². The molecule has 1 atom stereocenters. The second kappa shape index (κ2) is 8.01. The number of carbonyl (C=O) groups is 1. The molecule has 1 aromatic rings. The maximum absolute atomic E-state index is 11.9. The van der Waals surface area contributed by atoms with Crippen molar-refractivity contribution in [3.05, 3.63) is 41.5 Å². The first-order chi connectivity index (χ1) is 9.59. The summed E-state index contributed by atoms with van der Waals surface area (Å²) < 4.78 is 0. The minimum Gasteiger partial charge on any atom is -0.321 e. The molecule has 0 saturated carbocycles. The van der Waals surface area contributed by atoms with Crippen LogP contribution in [0.4, 0.5) is 0 Å². The van der Waals surface area contributed by atoms with E-state index in [-0.39, 0.29) is 19.2 Å². The van der Waals surface area contributed by atoms with Gasteiger partial charge in [0.15, 0.2) is 5.78 Å². The van der Waals surface area contributed by atoms with Crippen LogP contribution in [0.1, 0.15) is 53.1 Å². The minimum atomic E-state index is -0.373. The fraction of sp³-hybridized carbons (Fsp3) is 0.500. The summed E-state index contributed by atoms with van der Waals surface area (Å²) in [6.07, 6.45) is 5.03. The van der Waals surface area contributed by atoms with E-state index in [2.05, 4.69) is 24.3 Å². The predicted octanol–water partition coefficient (Wildman–Crippen LogP) is 4.23. The van der Waals surface area contributed by atoms with Crippen molar-refractivity contribution >= 4 is 11.4 Å². The van der Waals surface area contributed by atoms with Crippen molar-refractivity contribution < 1.29 is 6.22 Å². The van der Waals surface area contributed by atoms with Gasteiger partial charge in [0, 0.05) is 7.34 Å². The van der Waals surface area contributed by atoms with Crippen LogP contribution >= 0.6 is 0 Å². The average molecular weight is 275 g/mol. The van der Waals surface area contributed by atoms with Crippen molar-refractivity contribution in [1.82, 2.24) is 0 Å². The van der Waals surface area contributed by atoms with Crippen LogP contribution in [0.25, 0.3) is 5.57 Å². The van der Waals surface area contributed by atoms with Gasteiger partial charge in [0.05, 0.1) is 6.04 Å². The van der Waals surface area contributed by atoms with E-state index in [1.807, 2.05) is 33.8 Å². The van der Waals surface area contributed by atoms with Crippen LogP contribution in [0.15, 0.2) is 30.3 Å². The first-order valence-corrected chi connectivity index (χ1v) is 7.66. The zero-order chi connectivity index (χ0) is 15.1. The zero-order valence-electron chi connectivity index (χ0n) is 13.1. The molecule has 2 rings (SSSR count). The summed E-state index contributed by atoms with van der Waals surface area (Å²) in [6, 6.07) is 8.04. The number of ketones is 1. The number of allylic oxidation sites excluding steroid dienone is 1. The van der Waals surface area contributed by atoms with Crippen LogP contribution < -0.4 is 5.73 Å². The summed E-state index contributed by atoms with van der Waals surface area (Å²) in [7, 11) is 0. The Morgan fingerprint density at radius 1 is 1.30 bits per heavy atom. The molecule has 1 aliphatic rings. The third kappa shape index (κ3) is 4.04. The molecule has 2 nitrogen and oxygen atoms in total. The number of nitrogens with two attached hydrogens (primary N) is 1. The summed E-state index contributed by atoms with van der Waals surface area (Å²) in [4.78, 5) is 11.9. The summed E-state index contributed by atoms with van der Waals surface area (Å²) in [5.41, 5.74) is 9.90. The first-order valence-electron chi connectivity index (χ1n) is 7.66. The Kier molecular flexibility index (Phi) is 6.66. The maximum atomic E-state index is 11.9. The first kappa shape index (κ1) is 16.6. The highest BCUT2D eigenvalue weighted by atomic mass is 16.1. The molecule has 0 heterocycles. The Morgan fingerprint density at radius 2 is 1.95 bits per heavy atom. The fourth-order valence-electron chi connectivity index (χ4n) is 2.52. The third-order valence-corrected chi connectivity index (χ3v) is 3.54. The predicted molar refractivity (Wildman–Crippen MR) is 88.6 cm³/mol. The quantitative estimate of drug-likeness (QED) is 0.893. The van der Waals surface area contributed by atoms with Gasteiger partial charge in [-0.15, -0.1) is 0 Å². The molecule has 0 fully saturated rings. The maximum Gasteiger partial charge on any atom is 0.152 e. The van der Waals surface area contributed by atoms with E-state index < -0.39 is 0 Å². The molecule has 2 heteroatoms. The van der Waals surface area contributed by atoms with Gasteiger partial charge < -0.3 is 5.73 Å². The van der Waals surface area contributed by atoms with Gasteiger partial charge >= 0.3 is 0 Å². The van der Waals surface area contributed by atoms with Gasteiger partial charge in [0.25, 0.3) is 0 Å². The zero-order valence-corrected chi connectivity index (χ0v) is 13.1. The van der Waals surface area contributed by atoms with Gasteiger partial charge in [0.1, 0.15) is 0 Å². The highest BCUT2D eigenvalue weighted by molar-refractivity contribution is 5.88. The van der Waals surface area contributed by atoms with Gasteiger partial charge in [-0.05, 0) is 36.0 Å². The van der Waals surface area contributed by atoms with Crippen molar-refractivity contribution in [3.63, 3.8) is 0 Å². The summed E-state index contributed by atoms with van der Waals surface area (Å²) in [6.45, 7) is 7.82. The van der Waals surface area contributed by atoms with E-state index in [0.717, 1.165) is 12.8 Å². The van der Waals surface area contributed by atoms with Gasteiger partial charge in [0.2, 0.25) is 0 Å². The lowest BCUT2D eigenvalue weighted by atomic mass is 9.86. The van der Waals surface area contributed by atoms with Gasteiger partial charge in [-0.2, -0.15) is 0 Å². The Hall–Kier alpha value is -1.41. The molecule has 1 aromatic carbocycles. The number of hydrogen-bond donors (Lipinski definition) is 1. The van der Waals surface area contributed by atoms with E-state index in [9.17, 15) is 4.79 Å². The molecule has 0 radical (unpaired) electrons. The molecule has 0 spiro atoms. The molecule has 0 bridgehead atoms. The van der Waals surface area contributed by atoms with Crippen LogP contribution in [0, 0.1) is 5.92 Å². The SMILES string of the molecule is CC.CC(C)C(=O)[C@@H](N)CC1=CCCc2ccccc21.[HH]. The lowest BCUT2D eigenvalue weighted by Crippen LogP contribution is -2.34. The second-order valence-corrected chi connectivity index (χ2v) is 5.29. The Bertz CT molecular complexity index is 480. The van der Waals surface area contributed by atoms with Crippen molar-refractivity contribution in [2.45, 2.75) is 53.0 Å². The molecule has 0 saturated heterocycles. The van der Waals surface area contributed by atoms with E-state index in [1.165, 1.54) is 16.7 Å². The molecule has 0 aromatic heterocycles. The lowest BCUT2D eigenvalue weighted by Gasteiger charge is -2.21. The van der Waals surface area contributed by atoms with Crippen molar-refractivity contribution in [1.29, 1.82) is 0 Å². The smallest absolute Gasteiger partial charge is 0.152 e. The summed E-state index contributed by atoms with van der Waals surface area (Å²) in [5.74, 6) is 0.165. The largest absolute Gasteiger partial charge is 0.321 e. The van der Waals surface area contributed by atoms with E-state index in [0.29, 0.717) is 6.42 Å². The standard InChI is InChI=1S/C16H21NO.C2H6.H2/c1-11(2)16(18)15(17)10-13-8-5-7-12-6-3-4-9-14(12)13;1-2;/h3-4,6,8-9,11,15H,5,7,10,17H2,1-2H3;1-2H3;1H/t15-;;/m0../s1. The highest BCUT2D eigenvalue weighted by Crippen LogP contribution is 2.29. The highest BCUT2D eigenvalue weighted by Gasteiger charge is 2.20. The van der Waals surface area contributed by atoms with E-state index in [1.54, 1.807) is 0 Å². The molecule has 0 aliphatic heterocycles. The van der Waals surface area contributed by atoms with Crippen molar-refractivity contribution in [3.8, 4) is 0 Å². The Balaban J connectivity index is 0.00000128. The normalized spacial score (nSPS) is 14.8. The number of fused-ring (bicyclic) bond motifs is 1. The van der Waals surface area contributed by atoms with Crippen LogP contribution in [0.3, 0.4) is 0 Å². The van der Waals surface area contributed by atoms with Crippen LogP contribution in [0.5, 0.6) is 0 Å². The molecule has 0 unspecified atom stereocenters. The monoisotopic (exact) mass is 275 g/mol. The molecule has 1 aliphatic carbocycles. The fourth-order valence-corrected chi connectivity index (χ4v) is 2.52. The van der Waals surface area contributed by atoms with Gasteiger partial charge in [-0.1, -0.05) is 58.0 Å². The van der Waals surface area contributed by atoms with Gasteiger partial charge in [-0.25, -0.2) is 0 Å². The minimum absolute atomic E-state index is 0. The molecule has 0 amide bonds. The number of Topliss-reactive ketones (excluding diaryl/α,β-unsaturated/α-hetero) is 1. The average Bonchev–Trinajstić information content (AvgIpc) is 2.48. The number of hydrogen-bond acceptors (Lipinski definition) is 2. The molecule has 2 N–H and O–H groups in total. The lowest BCUT2D eigenvalue weighted by molar-refractivity contribution is -0.123. The number of benzene rings is 1. The molecular weight excluding hydrogens is 246 g/mol. The van der Waals surface area contributed by atoms with Crippen LogP contribution in [0.2, 0.25) is 0 Å². The van der Waals surface area contributed by atoms with Crippen LogP contribution in [-0.2, 0) is 11.2 Å². The van der Waals surface area contributed by atoms with Gasteiger partial charge in [-0.3, -0.25) is 4.79 Å². The molecule has 20 heavy (non-hydrogen) atoms. The summed E-state index contributed by atoms with van der Waals surface area (Å²) >= 11 is 0. The Labute approximate surface area is 124 Å². The third-order valence-electron chi connectivity index (χ3n) is 3.54.